The van der Waals surface area contributed by atoms with Crippen LogP contribution in [0.4, 0.5) is 0 Å². The van der Waals surface area contributed by atoms with Crippen molar-refractivity contribution >= 4 is 0 Å². The lowest BCUT2D eigenvalue weighted by molar-refractivity contribution is 0.275. The Labute approximate surface area is 105 Å². The number of aryl methyl sites for hydroxylation is 1. The first-order valence-electron chi connectivity index (χ1n) is 6.88. The Morgan fingerprint density at radius 1 is 1.29 bits per heavy atom. The van der Waals surface area contributed by atoms with Gasteiger partial charge in [-0.05, 0) is 44.4 Å². The lowest BCUT2D eigenvalue weighted by Gasteiger charge is -2.29. The molecule has 1 aliphatic carbocycles. The molecule has 94 valence electrons. The summed E-state index contributed by atoms with van der Waals surface area (Å²) in [7, 11) is 2.09. The van der Waals surface area contributed by atoms with E-state index in [1.165, 1.54) is 43.4 Å². The maximum absolute atomic E-state index is 4.52. The lowest BCUT2D eigenvalue weighted by Crippen LogP contribution is -2.36. The van der Waals surface area contributed by atoms with Crippen LogP contribution in [0.1, 0.15) is 43.4 Å². The van der Waals surface area contributed by atoms with Crippen molar-refractivity contribution in [3.05, 3.63) is 29.6 Å². The van der Waals surface area contributed by atoms with Crippen LogP contribution in [-0.4, -0.2) is 18.1 Å². The Morgan fingerprint density at radius 3 is 2.65 bits per heavy atom. The molecule has 0 amide bonds. The van der Waals surface area contributed by atoms with Crippen molar-refractivity contribution in [2.24, 2.45) is 5.92 Å². The maximum Gasteiger partial charge on any atom is 0.0419 e. The molecule has 1 aromatic heterocycles. The summed E-state index contributed by atoms with van der Waals surface area (Å²) < 4.78 is 0. The largest absolute Gasteiger partial charge is 0.316 e. The van der Waals surface area contributed by atoms with E-state index in [0.29, 0.717) is 6.04 Å². The number of hydrogen-bond acceptors (Lipinski definition) is 2. The van der Waals surface area contributed by atoms with E-state index in [1.807, 2.05) is 6.20 Å². The van der Waals surface area contributed by atoms with E-state index in [9.17, 15) is 0 Å². The number of nitrogens with zero attached hydrogens (tertiary/aromatic N) is 1. The second kappa shape index (κ2) is 6.15. The van der Waals surface area contributed by atoms with Gasteiger partial charge >= 0.3 is 0 Å². The molecule has 2 nitrogen and oxygen atoms in total. The predicted octanol–water partition coefficient (Wildman–Crippen LogP) is 3.10. The summed E-state index contributed by atoms with van der Waals surface area (Å²) in [6.07, 6.45) is 10.1. The van der Waals surface area contributed by atoms with Gasteiger partial charge in [0.25, 0.3) is 0 Å². The zero-order valence-corrected chi connectivity index (χ0v) is 11.1. The predicted molar refractivity (Wildman–Crippen MR) is 72.1 cm³/mol. The second-order valence-electron chi connectivity index (χ2n) is 5.32. The Balaban J connectivity index is 1.96. The van der Waals surface area contributed by atoms with Crippen LogP contribution in [0.15, 0.2) is 18.3 Å². The van der Waals surface area contributed by atoms with E-state index in [0.717, 1.165) is 12.3 Å². The van der Waals surface area contributed by atoms with Gasteiger partial charge in [0.15, 0.2) is 0 Å². The molecular formula is C15H24N2. The van der Waals surface area contributed by atoms with E-state index in [-0.39, 0.29) is 0 Å². The first-order valence-corrected chi connectivity index (χ1v) is 6.88. The second-order valence-corrected chi connectivity index (χ2v) is 5.32. The van der Waals surface area contributed by atoms with Crippen LogP contribution in [0.5, 0.6) is 0 Å². The molecule has 1 heterocycles. The van der Waals surface area contributed by atoms with Gasteiger partial charge in [0.1, 0.15) is 0 Å². The standard InChI is InChI=1S/C15H24N2/c1-12-8-9-14(17-11-12)10-15(16-2)13-6-4-3-5-7-13/h8-9,11,13,15-16H,3-7,10H2,1-2H3. The summed E-state index contributed by atoms with van der Waals surface area (Å²) in [5.74, 6) is 0.844. The molecule has 2 heteroatoms. The monoisotopic (exact) mass is 232 g/mol. The fourth-order valence-electron chi connectivity index (χ4n) is 2.89. The molecule has 0 saturated heterocycles. The molecule has 0 aromatic carbocycles. The number of aromatic nitrogens is 1. The third-order valence-corrected chi connectivity index (χ3v) is 3.99. The minimum atomic E-state index is 0.602. The van der Waals surface area contributed by atoms with Crippen molar-refractivity contribution in [3.63, 3.8) is 0 Å². The van der Waals surface area contributed by atoms with E-state index in [1.54, 1.807) is 0 Å². The Kier molecular flexibility index (Phi) is 4.55. The quantitative estimate of drug-likeness (QED) is 0.863. The van der Waals surface area contributed by atoms with E-state index in [4.69, 9.17) is 0 Å². The molecule has 17 heavy (non-hydrogen) atoms. The van der Waals surface area contributed by atoms with Crippen molar-refractivity contribution in [1.29, 1.82) is 0 Å². The minimum absolute atomic E-state index is 0.602. The number of likely N-dealkylation sites (N-methyl/N-ethyl adjacent to an activating group) is 1. The summed E-state index contributed by atoms with van der Waals surface area (Å²) in [5.41, 5.74) is 2.47. The van der Waals surface area contributed by atoms with Crippen LogP contribution in [0.25, 0.3) is 0 Å². The molecule has 0 spiro atoms. The molecule has 1 unspecified atom stereocenters. The van der Waals surface area contributed by atoms with Crippen LogP contribution >= 0.6 is 0 Å². The molecule has 2 rings (SSSR count). The highest BCUT2D eigenvalue weighted by Gasteiger charge is 2.22. The van der Waals surface area contributed by atoms with Gasteiger partial charge in [-0.25, -0.2) is 0 Å². The number of hydrogen-bond donors (Lipinski definition) is 1. The minimum Gasteiger partial charge on any atom is -0.316 e. The topological polar surface area (TPSA) is 24.9 Å². The Hall–Kier alpha value is -0.890. The van der Waals surface area contributed by atoms with Gasteiger partial charge in [0.2, 0.25) is 0 Å². The third-order valence-electron chi connectivity index (χ3n) is 3.99. The number of rotatable bonds is 4. The normalized spacial score (nSPS) is 19.2. The average molecular weight is 232 g/mol. The Bertz CT molecular complexity index is 325. The first-order chi connectivity index (χ1) is 8.29. The summed E-state index contributed by atoms with van der Waals surface area (Å²) >= 11 is 0. The summed E-state index contributed by atoms with van der Waals surface area (Å²) in [5, 5.41) is 3.49. The number of nitrogens with one attached hydrogen (secondary N) is 1. The van der Waals surface area contributed by atoms with Gasteiger partial charge in [-0.2, -0.15) is 0 Å². The molecule has 1 N–H and O–H groups in total. The summed E-state index contributed by atoms with van der Waals surface area (Å²) in [6, 6.07) is 4.93. The highest BCUT2D eigenvalue weighted by molar-refractivity contribution is 5.13. The lowest BCUT2D eigenvalue weighted by atomic mass is 9.82. The van der Waals surface area contributed by atoms with Gasteiger partial charge in [-0.1, -0.05) is 25.3 Å². The number of pyridine rings is 1. The average Bonchev–Trinajstić information content (AvgIpc) is 2.39. The SMILES string of the molecule is CNC(Cc1ccc(C)cn1)C1CCCCC1. The van der Waals surface area contributed by atoms with Crippen molar-refractivity contribution in [3.8, 4) is 0 Å². The molecule has 1 aliphatic rings. The smallest absolute Gasteiger partial charge is 0.0419 e. The van der Waals surface area contributed by atoms with Gasteiger partial charge < -0.3 is 5.32 Å². The molecule has 1 saturated carbocycles. The van der Waals surface area contributed by atoms with Crippen LogP contribution in [0.2, 0.25) is 0 Å². The molecule has 0 aliphatic heterocycles. The highest BCUT2D eigenvalue weighted by Crippen LogP contribution is 2.27. The fraction of sp³-hybridized carbons (Fsp3) is 0.667. The zero-order chi connectivity index (χ0) is 12.1. The molecule has 1 atom stereocenters. The maximum atomic E-state index is 4.52. The Morgan fingerprint density at radius 2 is 2.06 bits per heavy atom. The van der Waals surface area contributed by atoms with Crippen molar-refractivity contribution in [2.45, 2.75) is 51.5 Å². The molecule has 1 fully saturated rings. The summed E-state index contributed by atoms with van der Waals surface area (Å²) in [4.78, 5) is 4.52. The van der Waals surface area contributed by atoms with Gasteiger partial charge in [-0.3, -0.25) is 4.98 Å². The van der Waals surface area contributed by atoms with Crippen LogP contribution in [-0.2, 0) is 6.42 Å². The van der Waals surface area contributed by atoms with Gasteiger partial charge in [0, 0.05) is 24.4 Å². The van der Waals surface area contributed by atoms with E-state index < -0.39 is 0 Å². The van der Waals surface area contributed by atoms with Crippen molar-refractivity contribution in [2.75, 3.05) is 7.05 Å². The van der Waals surface area contributed by atoms with Crippen molar-refractivity contribution < 1.29 is 0 Å². The first kappa shape index (κ1) is 12.6. The van der Waals surface area contributed by atoms with E-state index >= 15 is 0 Å². The third kappa shape index (κ3) is 3.53. The van der Waals surface area contributed by atoms with Crippen LogP contribution < -0.4 is 5.32 Å². The van der Waals surface area contributed by atoms with Gasteiger partial charge in [0.05, 0.1) is 0 Å². The van der Waals surface area contributed by atoms with Crippen molar-refractivity contribution in [1.82, 2.24) is 10.3 Å². The molecule has 1 aromatic rings. The molecule has 0 radical (unpaired) electrons. The van der Waals surface area contributed by atoms with Crippen LogP contribution in [0.3, 0.4) is 0 Å². The zero-order valence-electron chi connectivity index (χ0n) is 11.1. The van der Waals surface area contributed by atoms with E-state index in [2.05, 4.69) is 36.4 Å². The highest BCUT2D eigenvalue weighted by atomic mass is 14.9. The summed E-state index contributed by atoms with van der Waals surface area (Å²) in [6.45, 7) is 2.09. The van der Waals surface area contributed by atoms with Gasteiger partial charge in [-0.15, -0.1) is 0 Å². The molecule has 0 bridgehead atoms. The van der Waals surface area contributed by atoms with Crippen LogP contribution in [0, 0.1) is 12.8 Å². The molecular weight excluding hydrogens is 208 g/mol. The fourth-order valence-corrected chi connectivity index (χ4v) is 2.89.